The molecule has 0 N–H and O–H groups in total. The minimum atomic E-state index is 0.228. The lowest BCUT2D eigenvalue weighted by Gasteiger charge is -2.38. The fraction of sp³-hybridized carbons (Fsp3) is 0.611. The largest absolute Gasteiger partial charge is 0.369 e. The summed E-state index contributed by atoms with van der Waals surface area (Å²) in [5, 5.41) is 0.768. The van der Waals surface area contributed by atoms with Gasteiger partial charge in [-0.05, 0) is 45.9 Å². The van der Waals surface area contributed by atoms with E-state index in [4.69, 9.17) is 11.6 Å². The van der Waals surface area contributed by atoms with E-state index < -0.39 is 0 Å². The minimum Gasteiger partial charge on any atom is -0.369 e. The van der Waals surface area contributed by atoms with Crippen molar-refractivity contribution in [3.8, 4) is 0 Å². The van der Waals surface area contributed by atoms with Crippen LogP contribution in [0.1, 0.15) is 27.7 Å². The first-order valence-electron chi connectivity index (χ1n) is 8.42. The molecule has 1 aliphatic rings. The lowest BCUT2D eigenvalue weighted by molar-refractivity contribution is -0.136. The molecule has 0 spiro atoms. The average Bonchev–Trinajstić information content (AvgIpc) is 2.47. The van der Waals surface area contributed by atoms with Gasteiger partial charge in [0, 0.05) is 49.0 Å². The Kier molecular flexibility index (Phi) is 6.31. The van der Waals surface area contributed by atoms with Crippen LogP contribution in [0.3, 0.4) is 0 Å². The summed E-state index contributed by atoms with van der Waals surface area (Å²) in [6.45, 7) is 12.5. The Labute approximate surface area is 145 Å². The second kappa shape index (κ2) is 8.02. The summed E-state index contributed by atoms with van der Waals surface area (Å²) in [4.78, 5) is 19.1. The summed E-state index contributed by atoms with van der Waals surface area (Å²) in [6, 6.07) is 8.46. The van der Waals surface area contributed by atoms with Gasteiger partial charge in [0.15, 0.2) is 0 Å². The zero-order valence-electron chi connectivity index (χ0n) is 14.6. The van der Waals surface area contributed by atoms with Crippen molar-refractivity contribution in [1.29, 1.82) is 0 Å². The quantitative estimate of drug-likeness (QED) is 0.826. The molecule has 1 aromatic carbocycles. The first kappa shape index (κ1) is 18.1. The van der Waals surface area contributed by atoms with Crippen molar-refractivity contribution in [3.63, 3.8) is 0 Å². The molecule has 5 heteroatoms. The summed E-state index contributed by atoms with van der Waals surface area (Å²) in [5.41, 5.74) is 1.16. The Balaban J connectivity index is 1.88. The van der Waals surface area contributed by atoms with E-state index in [1.165, 1.54) is 0 Å². The summed E-state index contributed by atoms with van der Waals surface area (Å²) >= 11 is 6.07. The maximum Gasteiger partial charge on any atom is 0.237 e. The number of carbonyl (C=O) groups is 1. The van der Waals surface area contributed by atoms with E-state index in [1.54, 1.807) is 0 Å². The average molecular weight is 338 g/mol. The molecule has 1 saturated heterocycles. The van der Waals surface area contributed by atoms with Gasteiger partial charge in [-0.15, -0.1) is 0 Å². The van der Waals surface area contributed by atoms with Gasteiger partial charge in [0.1, 0.15) is 0 Å². The Morgan fingerprint density at radius 2 is 1.74 bits per heavy atom. The van der Waals surface area contributed by atoms with Crippen LogP contribution >= 0.6 is 11.6 Å². The van der Waals surface area contributed by atoms with Gasteiger partial charge >= 0.3 is 0 Å². The highest BCUT2D eigenvalue weighted by Gasteiger charge is 2.24. The van der Waals surface area contributed by atoms with Gasteiger partial charge in [-0.3, -0.25) is 9.69 Å². The molecule has 2 rings (SSSR count). The maximum absolute atomic E-state index is 12.5. The van der Waals surface area contributed by atoms with E-state index in [-0.39, 0.29) is 18.0 Å². The van der Waals surface area contributed by atoms with Gasteiger partial charge in [-0.2, -0.15) is 0 Å². The van der Waals surface area contributed by atoms with Gasteiger partial charge < -0.3 is 9.80 Å². The van der Waals surface area contributed by atoms with Crippen LogP contribution in [0.2, 0.25) is 5.02 Å². The number of benzene rings is 1. The fourth-order valence-electron chi connectivity index (χ4n) is 3.28. The van der Waals surface area contributed by atoms with E-state index in [2.05, 4.69) is 43.6 Å². The van der Waals surface area contributed by atoms with E-state index in [0.717, 1.165) is 36.9 Å². The third-order valence-corrected chi connectivity index (χ3v) is 4.54. The molecule has 0 aromatic heterocycles. The molecule has 23 heavy (non-hydrogen) atoms. The van der Waals surface area contributed by atoms with Crippen molar-refractivity contribution in [2.24, 2.45) is 0 Å². The van der Waals surface area contributed by atoms with Gasteiger partial charge in [0.2, 0.25) is 5.91 Å². The molecule has 1 amide bonds. The fourth-order valence-corrected chi connectivity index (χ4v) is 3.47. The third kappa shape index (κ3) is 4.85. The number of rotatable bonds is 5. The normalized spacial score (nSPS) is 16.2. The Hall–Kier alpha value is -1.26. The molecule has 0 bridgehead atoms. The van der Waals surface area contributed by atoms with Crippen LogP contribution in [0, 0.1) is 0 Å². The van der Waals surface area contributed by atoms with Crippen LogP contribution in [0.5, 0.6) is 0 Å². The van der Waals surface area contributed by atoms with Gasteiger partial charge in [0.25, 0.3) is 0 Å². The zero-order chi connectivity index (χ0) is 17.0. The zero-order valence-corrected chi connectivity index (χ0v) is 15.4. The van der Waals surface area contributed by atoms with Crippen LogP contribution in [0.15, 0.2) is 24.3 Å². The number of amides is 1. The van der Waals surface area contributed by atoms with Crippen LogP contribution in [0.4, 0.5) is 5.69 Å². The highest BCUT2D eigenvalue weighted by molar-refractivity contribution is 6.30. The summed E-state index contributed by atoms with van der Waals surface area (Å²) in [7, 11) is 0. The molecule has 1 aromatic rings. The standard InChI is InChI=1S/C18H28ClN3O/c1-14(2)22(15(3)4)18(23)13-20-8-10-21(11-9-20)17-7-5-6-16(19)12-17/h5-7,12,14-15H,8-11,13H2,1-4H3. The molecular weight excluding hydrogens is 310 g/mol. The number of carbonyl (C=O) groups excluding carboxylic acids is 1. The predicted octanol–water partition coefficient (Wildman–Crippen LogP) is 3.11. The molecule has 128 valence electrons. The smallest absolute Gasteiger partial charge is 0.237 e. The summed E-state index contributed by atoms with van der Waals surface area (Å²) in [6.07, 6.45) is 0. The lowest BCUT2D eigenvalue weighted by Crippen LogP contribution is -2.52. The maximum atomic E-state index is 12.5. The van der Waals surface area contributed by atoms with Crippen molar-refractivity contribution in [1.82, 2.24) is 9.80 Å². The number of anilines is 1. The second-order valence-electron chi connectivity index (χ2n) is 6.73. The monoisotopic (exact) mass is 337 g/mol. The van der Waals surface area contributed by atoms with E-state index >= 15 is 0 Å². The Morgan fingerprint density at radius 1 is 1.13 bits per heavy atom. The van der Waals surface area contributed by atoms with Gasteiger partial charge in [-0.1, -0.05) is 17.7 Å². The molecule has 0 aliphatic carbocycles. The predicted molar refractivity (Wildman–Crippen MR) is 97.2 cm³/mol. The third-order valence-electron chi connectivity index (χ3n) is 4.31. The number of piperazine rings is 1. The first-order valence-corrected chi connectivity index (χ1v) is 8.80. The molecule has 1 fully saturated rings. The van der Waals surface area contributed by atoms with Crippen molar-refractivity contribution < 1.29 is 4.79 Å². The highest BCUT2D eigenvalue weighted by Crippen LogP contribution is 2.20. The summed E-state index contributed by atoms with van der Waals surface area (Å²) < 4.78 is 0. The van der Waals surface area contributed by atoms with Gasteiger partial charge in [0.05, 0.1) is 6.54 Å². The number of hydrogen-bond donors (Lipinski definition) is 0. The SMILES string of the molecule is CC(C)N(C(=O)CN1CCN(c2cccc(Cl)c2)CC1)C(C)C. The van der Waals surface area contributed by atoms with Crippen molar-refractivity contribution in [2.45, 2.75) is 39.8 Å². The molecule has 0 radical (unpaired) electrons. The van der Waals surface area contributed by atoms with Crippen LogP contribution in [-0.2, 0) is 4.79 Å². The van der Waals surface area contributed by atoms with Gasteiger partial charge in [-0.25, -0.2) is 0 Å². The molecule has 1 heterocycles. The van der Waals surface area contributed by atoms with E-state index in [1.807, 2.05) is 23.1 Å². The van der Waals surface area contributed by atoms with Crippen LogP contribution < -0.4 is 4.90 Å². The minimum absolute atomic E-state index is 0.228. The molecule has 1 aliphatic heterocycles. The second-order valence-corrected chi connectivity index (χ2v) is 7.17. The summed E-state index contributed by atoms with van der Waals surface area (Å²) in [5.74, 6) is 0.228. The highest BCUT2D eigenvalue weighted by atomic mass is 35.5. The molecule has 0 unspecified atom stereocenters. The Bertz CT molecular complexity index is 517. The van der Waals surface area contributed by atoms with Crippen molar-refractivity contribution in [3.05, 3.63) is 29.3 Å². The number of hydrogen-bond acceptors (Lipinski definition) is 3. The topological polar surface area (TPSA) is 26.8 Å². The van der Waals surface area contributed by atoms with Crippen molar-refractivity contribution in [2.75, 3.05) is 37.6 Å². The first-order chi connectivity index (χ1) is 10.9. The Morgan fingerprint density at radius 3 is 2.26 bits per heavy atom. The molecule has 4 nitrogen and oxygen atoms in total. The number of halogens is 1. The lowest BCUT2D eigenvalue weighted by atomic mass is 10.2. The van der Waals surface area contributed by atoms with E-state index in [0.29, 0.717) is 6.54 Å². The molecular formula is C18H28ClN3O. The molecule has 0 saturated carbocycles. The van der Waals surface area contributed by atoms with Crippen LogP contribution in [0.25, 0.3) is 0 Å². The van der Waals surface area contributed by atoms with Crippen LogP contribution in [-0.4, -0.2) is 60.5 Å². The molecule has 0 atom stereocenters. The number of nitrogens with zero attached hydrogens (tertiary/aromatic N) is 3. The van der Waals surface area contributed by atoms with Crippen molar-refractivity contribution >= 4 is 23.2 Å². The van der Waals surface area contributed by atoms with E-state index in [9.17, 15) is 4.79 Å².